The molecule has 42 heavy (non-hydrogen) atoms. The molecular weight excluding hydrogens is 526 g/mol. The van der Waals surface area contributed by atoms with Crippen molar-refractivity contribution >= 4 is 24.1 Å². The van der Waals surface area contributed by atoms with E-state index in [0.29, 0.717) is 50.2 Å². The van der Waals surface area contributed by atoms with Gasteiger partial charge in [0.25, 0.3) is 5.91 Å². The quantitative estimate of drug-likeness (QED) is 0.528. The van der Waals surface area contributed by atoms with Crippen LogP contribution in [0.15, 0.2) is 59.2 Å². The van der Waals surface area contributed by atoms with Crippen molar-refractivity contribution in [1.82, 2.24) is 14.7 Å². The highest BCUT2D eigenvalue weighted by Gasteiger charge is 2.33. The first-order chi connectivity index (χ1) is 20.5. The maximum absolute atomic E-state index is 13.4. The number of carbonyl (C=O) groups is 2. The number of carbonyl (C=O) groups excluding carboxylic acids is 2. The van der Waals surface area contributed by atoms with Crippen LogP contribution in [0.3, 0.4) is 0 Å². The molecule has 4 aliphatic rings. The fraction of sp³-hybridized carbons (Fsp3) is 0.412. The molecule has 0 N–H and O–H groups in total. The summed E-state index contributed by atoms with van der Waals surface area (Å²) in [5.41, 5.74) is 5.62. The lowest BCUT2D eigenvalue weighted by atomic mass is 9.93. The molecule has 6 rings (SSSR count). The Kier molecular flexibility index (Phi) is 8.09. The SMILES string of the molecule is CN1C=Cc2cc(-c3cccc(C#N)c3)cc(OC3CCN(C(=O)C4CCN(C(=O)C5=CCCN=C5)CC4)CC3)c2C1. The van der Waals surface area contributed by atoms with Crippen LogP contribution in [0.1, 0.15) is 48.8 Å². The number of hydrogen-bond donors (Lipinski definition) is 0. The average Bonchev–Trinajstić information content (AvgIpc) is 3.05. The van der Waals surface area contributed by atoms with E-state index in [0.717, 1.165) is 60.4 Å². The summed E-state index contributed by atoms with van der Waals surface area (Å²) < 4.78 is 6.67. The van der Waals surface area contributed by atoms with Crippen molar-refractivity contribution in [2.75, 3.05) is 39.8 Å². The summed E-state index contributed by atoms with van der Waals surface area (Å²) >= 11 is 0. The molecule has 0 radical (unpaired) electrons. The number of rotatable bonds is 5. The minimum absolute atomic E-state index is 0.0277. The third-order valence-electron chi connectivity index (χ3n) is 8.76. The number of nitriles is 1. The molecule has 4 heterocycles. The van der Waals surface area contributed by atoms with Crippen LogP contribution in [0.2, 0.25) is 0 Å². The molecule has 2 fully saturated rings. The molecule has 4 aliphatic heterocycles. The van der Waals surface area contributed by atoms with E-state index in [4.69, 9.17) is 4.74 Å². The topological polar surface area (TPSA) is 89.2 Å². The van der Waals surface area contributed by atoms with Crippen LogP contribution < -0.4 is 4.74 Å². The van der Waals surface area contributed by atoms with E-state index in [2.05, 4.69) is 47.4 Å². The first-order valence-corrected chi connectivity index (χ1v) is 15.0. The van der Waals surface area contributed by atoms with E-state index < -0.39 is 0 Å². The maximum atomic E-state index is 13.4. The maximum Gasteiger partial charge on any atom is 0.255 e. The lowest BCUT2D eigenvalue weighted by Gasteiger charge is -2.37. The highest BCUT2D eigenvalue weighted by Crippen LogP contribution is 2.36. The number of nitrogens with zero attached hydrogens (tertiary/aromatic N) is 5. The monoisotopic (exact) mass is 563 g/mol. The zero-order valence-corrected chi connectivity index (χ0v) is 24.2. The zero-order chi connectivity index (χ0) is 29.1. The summed E-state index contributed by atoms with van der Waals surface area (Å²) in [7, 11) is 2.06. The Morgan fingerprint density at radius 1 is 1.00 bits per heavy atom. The number of ether oxygens (including phenoxy) is 1. The van der Waals surface area contributed by atoms with Gasteiger partial charge in [-0.1, -0.05) is 18.2 Å². The van der Waals surface area contributed by atoms with Crippen molar-refractivity contribution in [3.05, 3.63) is 70.9 Å². The van der Waals surface area contributed by atoms with Gasteiger partial charge >= 0.3 is 0 Å². The fourth-order valence-electron chi connectivity index (χ4n) is 6.33. The van der Waals surface area contributed by atoms with Crippen molar-refractivity contribution < 1.29 is 14.3 Å². The van der Waals surface area contributed by atoms with E-state index in [1.165, 1.54) is 0 Å². The van der Waals surface area contributed by atoms with Gasteiger partial charge in [-0.25, -0.2) is 0 Å². The second-order valence-corrected chi connectivity index (χ2v) is 11.7. The van der Waals surface area contributed by atoms with Crippen LogP contribution >= 0.6 is 0 Å². The van der Waals surface area contributed by atoms with Crippen LogP contribution in [0, 0.1) is 17.2 Å². The first kappa shape index (κ1) is 27.8. The van der Waals surface area contributed by atoms with Gasteiger partial charge in [-0.2, -0.15) is 5.26 Å². The summed E-state index contributed by atoms with van der Waals surface area (Å²) in [6.45, 7) is 4.09. The summed E-state index contributed by atoms with van der Waals surface area (Å²) in [6, 6.07) is 14.2. The summed E-state index contributed by atoms with van der Waals surface area (Å²) in [4.78, 5) is 36.4. The standard InChI is InChI=1S/C34H37N5O3/c1-37-13-7-27-19-29(26-5-2-4-24(18-26)21-35)20-32(31(27)23-37)42-30-10-16-39(17-11-30)33(40)25-8-14-38(15-9-25)34(41)28-6-3-12-36-22-28/h2,4-7,13,18-20,22,25,30H,3,8-12,14-17,23H2,1H3. The number of benzene rings is 2. The Bertz CT molecular complexity index is 1490. The second-order valence-electron chi connectivity index (χ2n) is 11.7. The largest absolute Gasteiger partial charge is 0.490 e. The summed E-state index contributed by atoms with van der Waals surface area (Å²) in [6.07, 6.45) is 11.7. The van der Waals surface area contributed by atoms with Crippen LogP contribution in [-0.4, -0.2) is 78.6 Å². The van der Waals surface area contributed by atoms with Gasteiger partial charge in [-0.15, -0.1) is 0 Å². The molecule has 216 valence electrons. The van der Waals surface area contributed by atoms with Crippen molar-refractivity contribution in [2.45, 2.75) is 44.8 Å². The Balaban J connectivity index is 1.08. The smallest absolute Gasteiger partial charge is 0.255 e. The minimum atomic E-state index is -0.0317. The Hall–Kier alpha value is -4.38. The Morgan fingerprint density at radius 3 is 2.52 bits per heavy atom. The highest BCUT2D eigenvalue weighted by molar-refractivity contribution is 6.12. The first-order valence-electron chi connectivity index (χ1n) is 15.0. The van der Waals surface area contributed by atoms with Gasteiger partial charge < -0.3 is 19.4 Å². The van der Waals surface area contributed by atoms with Gasteiger partial charge in [-0.05, 0) is 72.5 Å². The lowest BCUT2D eigenvalue weighted by Crippen LogP contribution is -2.48. The van der Waals surface area contributed by atoms with Crippen molar-refractivity contribution in [3.8, 4) is 22.9 Å². The predicted octanol–water partition coefficient (Wildman–Crippen LogP) is 4.65. The number of likely N-dealkylation sites (tertiary alicyclic amines) is 2. The van der Waals surface area contributed by atoms with Gasteiger partial charge in [-0.3, -0.25) is 14.6 Å². The van der Waals surface area contributed by atoms with Gasteiger partial charge in [0, 0.05) is 76.9 Å². The number of amides is 2. The third kappa shape index (κ3) is 5.96. The van der Waals surface area contributed by atoms with Crippen molar-refractivity contribution in [3.63, 3.8) is 0 Å². The van der Waals surface area contributed by atoms with Crippen LogP contribution in [-0.2, 0) is 16.1 Å². The minimum Gasteiger partial charge on any atom is -0.490 e. The van der Waals surface area contributed by atoms with Gasteiger partial charge in [0.15, 0.2) is 0 Å². The van der Waals surface area contributed by atoms with Crippen molar-refractivity contribution in [1.29, 1.82) is 5.26 Å². The number of fused-ring (bicyclic) bond motifs is 1. The van der Waals surface area contributed by atoms with Crippen LogP contribution in [0.4, 0.5) is 0 Å². The number of hydrogen-bond acceptors (Lipinski definition) is 6. The van der Waals surface area contributed by atoms with Gasteiger partial charge in [0.05, 0.1) is 17.2 Å². The average molecular weight is 564 g/mol. The molecule has 8 nitrogen and oxygen atoms in total. The van der Waals surface area contributed by atoms with E-state index in [-0.39, 0.29) is 23.8 Å². The van der Waals surface area contributed by atoms with Crippen molar-refractivity contribution in [2.24, 2.45) is 10.9 Å². The number of dihydropyridines is 1. The van der Waals surface area contributed by atoms with E-state index in [9.17, 15) is 14.9 Å². The van der Waals surface area contributed by atoms with E-state index >= 15 is 0 Å². The van der Waals surface area contributed by atoms with E-state index in [1.54, 1.807) is 6.21 Å². The molecule has 8 heteroatoms. The molecule has 0 spiro atoms. The molecule has 2 aromatic carbocycles. The number of piperidine rings is 2. The molecule has 0 aliphatic carbocycles. The third-order valence-corrected chi connectivity index (χ3v) is 8.76. The molecule has 0 bridgehead atoms. The molecule has 0 aromatic heterocycles. The number of aliphatic imine (C=N–C) groups is 1. The lowest BCUT2D eigenvalue weighted by molar-refractivity contribution is -0.141. The van der Waals surface area contributed by atoms with Crippen LogP contribution in [0.25, 0.3) is 17.2 Å². The highest BCUT2D eigenvalue weighted by atomic mass is 16.5. The molecule has 2 amide bonds. The molecule has 0 saturated carbocycles. The predicted molar refractivity (Wildman–Crippen MR) is 163 cm³/mol. The summed E-state index contributed by atoms with van der Waals surface area (Å²) in [5, 5.41) is 9.39. The second kappa shape index (κ2) is 12.2. The van der Waals surface area contributed by atoms with Crippen LogP contribution in [0.5, 0.6) is 5.75 Å². The molecule has 2 saturated heterocycles. The van der Waals surface area contributed by atoms with E-state index in [1.807, 2.05) is 40.1 Å². The normalized spacial score (nSPS) is 19.2. The van der Waals surface area contributed by atoms with Gasteiger partial charge in [0.1, 0.15) is 11.9 Å². The molecular formula is C34H37N5O3. The molecule has 0 unspecified atom stereocenters. The zero-order valence-electron chi connectivity index (χ0n) is 24.2. The molecule has 0 atom stereocenters. The summed E-state index contributed by atoms with van der Waals surface area (Å²) in [5.74, 6) is 1.09. The fourth-order valence-corrected chi connectivity index (χ4v) is 6.33. The Labute approximate surface area is 247 Å². The molecule has 2 aromatic rings. The van der Waals surface area contributed by atoms with Gasteiger partial charge in [0.2, 0.25) is 5.91 Å². The Morgan fingerprint density at radius 2 is 1.79 bits per heavy atom.